The molecule has 1 aromatic carbocycles. The summed E-state index contributed by atoms with van der Waals surface area (Å²) >= 11 is 0. The number of hydrogen-bond donors (Lipinski definition) is 2. The zero-order valence-corrected chi connectivity index (χ0v) is 9.98. The van der Waals surface area contributed by atoms with Crippen molar-refractivity contribution in [3.05, 3.63) is 29.8 Å². The third-order valence-corrected chi connectivity index (χ3v) is 3.17. The average Bonchev–Trinajstić information content (AvgIpc) is 2.32. The number of amides is 1. The zero-order chi connectivity index (χ0) is 12.3. The molecule has 1 aromatic rings. The van der Waals surface area contributed by atoms with Crippen LogP contribution in [-0.4, -0.2) is 19.1 Å². The maximum Gasteiger partial charge on any atom is 0.223 e. The first-order valence-electron chi connectivity index (χ1n) is 5.85. The lowest BCUT2D eigenvalue weighted by Gasteiger charge is -2.31. The second-order valence-electron chi connectivity index (χ2n) is 4.49. The van der Waals surface area contributed by atoms with Crippen molar-refractivity contribution in [3.8, 4) is 5.75 Å². The van der Waals surface area contributed by atoms with E-state index >= 15 is 0 Å². The first-order chi connectivity index (χ1) is 8.19. The Labute approximate surface area is 101 Å². The predicted molar refractivity (Wildman–Crippen MR) is 65.5 cm³/mol. The number of ether oxygens (including phenoxy) is 1. The molecule has 0 aromatic heterocycles. The summed E-state index contributed by atoms with van der Waals surface area (Å²) in [6, 6.07) is 7.89. The van der Waals surface area contributed by atoms with Gasteiger partial charge in [-0.2, -0.15) is 0 Å². The van der Waals surface area contributed by atoms with Gasteiger partial charge in [0.2, 0.25) is 5.91 Å². The van der Waals surface area contributed by atoms with Gasteiger partial charge in [-0.15, -0.1) is 0 Å². The molecule has 3 N–H and O–H groups in total. The normalized spacial score (nSPS) is 22.7. The van der Waals surface area contributed by atoms with Crippen LogP contribution in [0.2, 0.25) is 0 Å². The summed E-state index contributed by atoms with van der Waals surface area (Å²) in [5.41, 5.74) is 6.72. The Morgan fingerprint density at radius 2 is 2.06 bits per heavy atom. The van der Waals surface area contributed by atoms with Crippen LogP contribution in [0.5, 0.6) is 5.75 Å². The van der Waals surface area contributed by atoms with E-state index in [1.807, 2.05) is 24.3 Å². The van der Waals surface area contributed by atoms with Crippen molar-refractivity contribution < 1.29 is 9.53 Å². The highest BCUT2D eigenvalue weighted by atomic mass is 16.5. The maximum atomic E-state index is 11.7. The van der Waals surface area contributed by atoms with Gasteiger partial charge >= 0.3 is 0 Å². The molecule has 0 spiro atoms. The molecule has 1 saturated carbocycles. The van der Waals surface area contributed by atoms with Gasteiger partial charge in [0.15, 0.2) is 0 Å². The summed E-state index contributed by atoms with van der Waals surface area (Å²) in [6.45, 7) is 0.564. The molecule has 0 radical (unpaired) electrons. The van der Waals surface area contributed by atoms with Gasteiger partial charge in [-0.25, -0.2) is 0 Å². The van der Waals surface area contributed by atoms with Gasteiger partial charge in [0.1, 0.15) is 5.75 Å². The number of nitrogens with two attached hydrogens (primary N) is 1. The van der Waals surface area contributed by atoms with Crippen LogP contribution in [0.1, 0.15) is 18.4 Å². The highest BCUT2D eigenvalue weighted by molar-refractivity contribution is 5.79. The number of benzene rings is 1. The van der Waals surface area contributed by atoms with Crippen molar-refractivity contribution >= 4 is 5.91 Å². The summed E-state index contributed by atoms with van der Waals surface area (Å²) in [5, 5.41) is 2.92. The molecule has 1 amide bonds. The summed E-state index contributed by atoms with van der Waals surface area (Å²) < 4.78 is 5.07. The number of nitrogens with one attached hydrogen (secondary N) is 1. The van der Waals surface area contributed by atoms with Crippen molar-refractivity contribution in [2.24, 2.45) is 11.7 Å². The van der Waals surface area contributed by atoms with Gasteiger partial charge in [-0.3, -0.25) is 4.79 Å². The van der Waals surface area contributed by atoms with Gasteiger partial charge in [0.25, 0.3) is 0 Å². The number of hydrogen-bond acceptors (Lipinski definition) is 3. The van der Waals surface area contributed by atoms with Crippen LogP contribution in [0.4, 0.5) is 0 Å². The van der Waals surface area contributed by atoms with E-state index in [1.165, 1.54) is 0 Å². The van der Waals surface area contributed by atoms with Crippen molar-refractivity contribution in [3.63, 3.8) is 0 Å². The van der Waals surface area contributed by atoms with E-state index in [0.29, 0.717) is 6.54 Å². The van der Waals surface area contributed by atoms with E-state index < -0.39 is 0 Å². The lowest BCUT2D eigenvalue weighted by molar-refractivity contribution is -0.128. The Hall–Kier alpha value is -1.55. The van der Waals surface area contributed by atoms with E-state index in [4.69, 9.17) is 10.5 Å². The molecule has 4 nitrogen and oxygen atoms in total. The molecule has 0 bridgehead atoms. The highest BCUT2D eigenvalue weighted by Gasteiger charge is 2.31. The van der Waals surface area contributed by atoms with Gasteiger partial charge < -0.3 is 15.8 Å². The topological polar surface area (TPSA) is 64.3 Å². The van der Waals surface area contributed by atoms with E-state index in [2.05, 4.69) is 5.32 Å². The SMILES string of the molecule is COc1ccc(CNC(=O)C2CC(N)C2)cc1. The van der Waals surface area contributed by atoms with Crippen molar-refractivity contribution in [1.82, 2.24) is 5.32 Å². The first kappa shape index (κ1) is 11.9. The summed E-state index contributed by atoms with van der Waals surface area (Å²) in [5.74, 6) is 1.05. The van der Waals surface area contributed by atoms with Crippen LogP contribution in [0.25, 0.3) is 0 Å². The minimum atomic E-state index is 0.113. The molecule has 0 atom stereocenters. The van der Waals surface area contributed by atoms with Crippen LogP contribution in [-0.2, 0) is 11.3 Å². The van der Waals surface area contributed by atoms with Crippen LogP contribution >= 0.6 is 0 Å². The molecule has 17 heavy (non-hydrogen) atoms. The minimum Gasteiger partial charge on any atom is -0.497 e. The fourth-order valence-electron chi connectivity index (χ4n) is 1.95. The standard InChI is InChI=1S/C13H18N2O2/c1-17-12-4-2-9(3-5-12)8-15-13(16)10-6-11(14)7-10/h2-5,10-11H,6-8,14H2,1H3,(H,15,16). The van der Waals surface area contributed by atoms with Crippen LogP contribution in [0.15, 0.2) is 24.3 Å². The third kappa shape index (κ3) is 2.97. The molecule has 2 rings (SSSR count). The molecule has 1 fully saturated rings. The molecule has 1 aliphatic carbocycles. The molecule has 0 saturated heterocycles. The molecule has 0 heterocycles. The fourth-order valence-corrected chi connectivity index (χ4v) is 1.95. The van der Waals surface area contributed by atoms with Crippen molar-refractivity contribution in [1.29, 1.82) is 0 Å². The lowest BCUT2D eigenvalue weighted by Crippen LogP contribution is -2.44. The lowest BCUT2D eigenvalue weighted by atomic mass is 9.80. The Balaban J connectivity index is 1.79. The predicted octanol–water partition coefficient (Wildman–Crippen LogP) is 1.05. The Morgan fingerprint density at radius 3 is 2.59 bits per heavy atom. The molecule has 92 valence electrons. The zero-order valence-electron chi connectivity index (χ0n) is 9.98. The van der Waals surface area contributed by atoms with Crippen LogP contribution in [0, 0.1) is 5.92 Å². The Kier molecular flexibility index (Phi) is 3.64. The molecular formula is C13H18N2O2. The molecule has 0 unspecified atom stereocenters. The quantitative estimate of drug-likeness (QED) is 0.818. The number of carbonyl (C=O) groups excluding carboxylic acids is 1. The van der Waals surface area contributed by atoms with E-state index in [1.54, 1.807) is 7.11 Å². The Bertz CT molecular complexity index is 383. The van der Waals surface area contributed by atoms with E-state index in [-0.39, 0.29) is 17.9 Å². The maximum absolute atomic E-state index is 11.7. The second kappa shape index (κ2) is 5.19. The first-order valence-corrected chi connectivity index (χ1v) is 5.85. The van der Waals surface area contributed by atoms with Gasteiger partial charge in [-0.1, -0.05) is 12.1 Å². The van der Waals surface area contributed by atoms with Crippen molar-refractivity contribution in [2.45, 2.75) is 25.4 Å². The molecule has 4 heteroatoms. The Morgan fingerprint density at radius 1 is 1.41 bits per heavy atom. The van der Waals surface area contributed by atoms with Crippen molar-refractivity contribution in [2.75, 3.05) is 7.11 Å². The van der Waals surface area contributed by atoms with Crippen LogP contribution in [0.3, 0.4) is 0 Å². The summed E-state index contributed by atoms with van der Waals surface area (Å²) in [6.07, 6.45) is 1.63. The summed E-state index contributed by atoms with van der Waals surface area (Å²) in [7, 11) is 1.64. The average molecular weight is 234 g/mol. The number of carbonyl (C=O) groups is 1. The van der Waals surface area contributed by atoms with Gasteiger partial charge in [0, 0.05) is 18.5 Å². The largest absolute Gasteiger partial charge is 0.497 e. The monoisotopic (exact) mass is 234 g/mol. The summed E-state index contributed by atoms with van der Waals surface area (Å²) in [4.78, 5) is 11.7. The number of methoxy groups -OCH3 is 1. The molecular weight excluding hydrogens is 216 g/mol. The second-order valence-corrected chi connectivity index (χ2v) is 4.49. The number of rotatable bonds is 4. The molecule has 1 aliphatic rings. The fraction of sp³-hybridized carbons (Fsp3) is 0.462. The van der Waals surface area contributed by atoms with Crippen LogP contribution < -0.4 is 15.8 Å². The van der Waals surface area contributed by atoms with E-state index in [9.17, 15) is 4.79 Å². The highest BCUT2D eigenvalue weighted by Crippen LogP contribution is 2.25. The smallest absolute Gasteiger partial charge is 0.223 e. The van der Waals surface area contributed by atoms with Gasteiger partial charge in [-0.05, 0) is 30.5 Å². The minimum absolute atomic E-state index is 0.113. The van der Waals surface area contributed by atoms with Gasteiger partial charge in [0.05, 0.1) is 7.11 Å². The molecule has 0 aliphatic heterocycles. The van der Waals surface area contributed by atoms with E-state index in [0.717, 1.165) is 24.2 Å². The third-order valence-electron chi connectivity index (χ3n) is 3.17.